The second-order valence-electron chi connectivity index (χ2n) is 3.51. The van der Waals surface area contributed by atoms with E-state index >= 15 is 0 Å². The Morgan fingerprint density at radius 3 is 2.94 bits per heavy atom. The first-order valence-electron chi connectivity index (χ1n) is 5.18. The number of nitrogens with zero attached hydrogens (tertiary/aromatic N) is 1. The maximum Gasteiger partial charge on any atom is 0.137 e. The summed E-state index contributed by atoms with van der Waals surface area (Å²) in [5, 5.41) is 3.73. The molecule has 0 saturated carbocycles. The summed E-state index contributed by atoms with van der Waals surface area (Å²) in [6.45, 7) is 0.745. The third-order valence-electron chi connectivity index (χ3n) is 2.31. The van der Waals surface area contributed by atoms with Gasteiger partial charge < -0.3 is 10.1 Å². The molecule has 0 aliphatic heterocycles. The second-order valence-corrected chi connectivity index (χ2v) is 4.62. The van der Waals surface area contributed by atoms with E-state index in [9.17, 15) is 4.39 Å². The molecule has 1 N–H and O–H groups in total. The van der Waals surface area contributed by atoms with Crippen LogP contribution in [-0.2, 0) is 6.54 Å². The third-order valence-corrected chi connectivity index (χ3v) is 3.34. The van der Waals surface area contributed by atoms with Crippen molar-refractivity contribution in [3.63, 3.8) is 0 Å². The summed E-state index contributed by atoms with van der Waals surface area (Å²) in [5.74, 6) is 0.202. The zero-order valence-corrected chi connectivity index (χ0v) is 10.5. The molecule has 0 saturated heterocycles. The summed E-state index contributed by atoms with van der Waals surface area (Å²) in [4.78, 5) is 5.30. The van der Waals surface area contributed by atoms with Crippen LogP contribution in [0.5, 0.6) is 5.75 Å². The van der Waals surface area contributed by atoms with E-state index in [1.54, 1.807) is 18.3 Å². The molecule has 5 heteroatoms. The predicted octanol–water partition coefficient (Wildman–Crippen LogP) is 2.68. The lowest BCUT2D eigenvalue weighted by atomic mass is 10.2. The van der Waals surface area contributed by atoms with Crippen molar-refractivity contribution >= 4 is 11.3 Å². The van der Waals surface area contributed by atoms with Gasteiger partial charge in [-0.3, -0.25) is 0 Å². The van der Waals surface area contributed by atoms with Gasteiger partial charge in [-0.25, -0.2) is 9.37 Å². The number of thiazole rings is 1. The van der Waals surface area contributed by atoms with Crippen molar-refractivity contribution < 1.29 is 9.13 Å². The van der Waals surface area contributed by atoms with Crippen molar-refractivity contribution in [3.05, 3.63) is 35.1 Å². The summed E-state index contributed by atoms with van der Waals surface area (Å²) in [7, 11) is 3.39. The summed E-state index contributed by atoms with van der Waals surface area (Å²) >= 11 is 1.48. The Balaban J connectivity index is 2.32. The molecule has 0 fully saturated rings. The summed E-state index contributed by atoms with van der Waals surface area (Å²) in [6.07, 6.45) is 1.76. The third kappa shape index (κ3) is 2.62. The predicted molar refractivity (Wildman–Crippen MR) is 66.8 cm³/mol. The Hall–Kier alpha value is -1.46. The summed E-state index contributed by atoms with van der Waals surface area (Å²) in [6, 6.07) is 4.79. The number of hydrogen-bond acceptors (Lipinski definition) is 4. The molecule has 0 amide bonds. The highest BCUT2D eigenvalue weighted by molar-refractivity contribution is 7.15. The first kappa shape index (κ1) is 12.0. The molecule has 0 atom stereocenters. The highest BCUT2D eigenvalue weighted by atomic mass is 32.1. The Kier molecular flexibility index (Phi) is 3.71. The maximum atomic E-state index is 13.8. The first-order chi connectivity index (χ1) is 8.24. The second kappa shape index (κ2) is 5.25. The van der Waals surface area contributed by atoms with E-state index in [-0.39, 0.29) is 5.82 Å². The topological polar surface area (TPSA) is 34.2 Å². The average molecular weight is 252 g/mol. The number of rotatable bonds is 4. The van der Waals surface area contributed by atoms with Crippen LogP contribution in [0.2, 0.25) is 0 Å². The van der Waals surface area contributed by atoms with Gasteiger partial charge in [0, 0.05) is 29.2 Å². The highest BCUT2D eigenvalue weighted by Crippen LogP contribution is 2.29. The van der Waals surface area contributed by atoms with Gasteiger partial charge in [-0.05, 0) is 19.2 Å². The van der Waals surface area contributed by atoms with Crippen LogP contribution in [0.15, 0.2) is 24.4 Å². The number of ether oxygens (including phenoxy) is 1. The highest BCUT2D eigenvalue weighted by Gasteiger charge is 2.10. The zero-order valence-electron chi connectivity index (χ0n) is 9.66. The molecule has 0 aliphatic rings. The van der Waals surface area contributed by atoms with Gasteiger partial charge in [0.05, 0.1) is 7.11 Å². The van der Waals surface area contributed by atoms with Crippen molar-refractivity contribution in [1.82, 2.24) is 10.3 Å². The Bertz CT molecular complexity index is 513. The molecule has 0 unspecified atom stereocenters. The molecule has 0 bridgehead atoms. The quantitative estimate of drug-likeness (QED) is 0.908. The standard InChI is InChI=1S/C12H13FN2OS/c1-14-6-9-7-15-12(17-9)10-4-3-8(16-2)5-11(10)13/h3-5,7,14H,6H2,1-2H3. The van der Waals surface area contributed by atoms with Crippen molar-refractivity contribution in [2.24, 2.45) is 0 Å². The molecule has 0 aliphatic carbocycles. The van der Waals surface area contributed by atoms with Crippen molar-refractivity contribution in [1.29, 1.82) is 0 Å². The molecule has 3 nitrogen and oxygen atoms in total. The van der Waals surface area contributed by atoms with Crippen LogP contribution >= 0.6 is 11.3 Å². The molecule has 1 heterocycles. The fourth-order valence-corrected chi connectivity index (χ4v) is 2.44. The molecule has 1 aromatic heterocycles. The van der Waals surface area contributed by atoms with E-state index in [0.717, 1.165) is 11.4 Å². The monoisotopic (exact) mass is 252 g/mol. The SMILES string of the molecule is CNCc1cnc(-c2ccc(OC)cc2F)s1. The average Bonchev–Trinajstić information content (AvgIpc) is 2.78. The maximum absolute atomic E-state index is 13.8. The zero-order chi connectivity index (χ0) is 12.3. The smallest absolute Gasteiger partial charge is 0.137 e. The van der Waals surface area contributed by atoms with E-state index < -0.39 is 0 Å². The normalized spacial score (nSPS) is 10.5. The number of methoxy groups -OCH3 is 1. The minimum Gasteiger partial charge on any atom is -0.497 e. The lowest BCUT2D eigenvalue weighted by molar-refractivity contribution is 0.411. The van der Waals surface area contributed by atoms with E-state index in [4.69, 9.17) is 4.74 Å². The lowest BCUT2D eigenvalue weighted by Gasteiger charge is -2.02. The Labute approximate surface area is 103 Å². The van der Waals surface area contributed by atoms with E-state index in [1.807, 2.05) is 7.05 Å². The fraction of sp³-hybridized carbons (Fsp3) is 0.250. The molecule has 0 radical (unpaired) electrons. The minimum atomic E-state index is -0.310. The van der Waals surface area contributed by atoms with Crippen LogP contribution in [0.25, 0.3) is 10.6 Å². The Morgan fingerprint density at radius 1 is 1.47 bits per heavy atom. The van der Waals surface area contributed by atoms with Crippen LogP contribution in [0, 0.1) is 5.82 Å². The molecule has 90 valence electrons. The van der Waals surface area contributed by atoms with Gasteiger partial charge in [0.25, 0.3) is 0 Å². The number of benzene rings is 1. The molecule has 2 rings (SSSR count). The van der Waals surface area contributed by atoms with Crippen molar-refractivity contribution in [2.45, 2.75) is 6.54 Å². The van der Waals surface area contributed by atoms with E-state index in [1.165, 1.54) is 24.5 Å². The van der Waals surface area contributed by atoms with Crippen LogP contribution in [0.3, 0.4) is 0 Å². The molecule has 17 heavy (non-hydrogen) atoms. The van der Waals surface area contributed by atoms with Gasteiger partial charge in [-0.1, -0.05) is 0 Å². The molecular weight excluding hydrogens is 239 g/mol. The van der Waals surface area contributed by atoms with Crippen LogP contribution in [-0.4, -0.2) is 19.1 Å². The van der Waals surface area contributed by atoms with Gasteiger partial charge in [-0.15, -0.1) is 11.3 Å². The minimum absolute atomic E-state index is 0.310. The number of nitrogens with one attached hydrogen (secondary N) is 1. The van der Waals surface area contributed by atoms with Gasteiger partial charge in [0.2, 0.25) is 0 Å². The lowest BCUT2D eigenvalue weighted by Crippen LogP contribution is -2.02. The van der Waals surface area contributed by atoms with Gasteiger partial charge in [0.15, 0.2) is 0 Å². The molecule has 2 aromatic rings. The van der Waals surface area contributed by atoms with Gasteiger partial charge >= 0.3 is 0 Å². The van der Waals surface area contributed by atoms with Crippen LogP contribution in [0.4, 0.5) is 4.39 Å². The Morgan fingerprint density at radius 2 is 2.29 bits per heavy atom. The number of halogens is 1. The van der Waals surface area contributed by atoms with Gasteiger partial charge in [0.1, 0.15) is 16.6 Å². The van der Waals surface area contributed by atoms with Gasteiger partial charge in [-0.2, -0.15) is 0 Å². The number of aromatic nitrogens is 1. The number of hydrogen-bond donors (Lipinski definition) is 1. The van der Waals surface area contributed by atoms with Crippen molar-refractivity contribution in [2.75, 3.05) is 14.2 Å². The van der Waals surface area contributed by atoms with Crippen molar-refractivity contribution in [3.8, 4) is 16.3 Å². The molecule has 0 spiro atoms. The van der Waals surface area contributed by atoms with Crippen LogP contribution < -0.4 is 10.1 Å². The fourth-order valence-electron chi connectivity index (χ4n) is 1.48. The molecule has 1 aromatic carbocycles. The summed E-state index contributed by atoms with van der Waals surface area (Å²) < 4.78 is 18.8. The first-order valence-corrected chi connectivity index (χ1v) is 5.99. The van der Waals surface area contributed by atoms with Crippen LogP contribution in [0.1, 0.15) is 4.88 Å². The largest absolute Gasteiger partial charge is 0.497 e. The summed E-state index contributed by atoms with van der Waals surface area (Å²) in [5.41, 5.74) is 0.512. The van der Waals surface area contributed by atoms with E-state index in [0.29, 0.717) is 16.3 Å². The van der Waals surface area contributed by atoms with E-state index in [2.05, 4.69) is 10.3 Å². The molecular formula is C12H13FN2OS.